The summed E-state index contributed by atoms with van der Waals surface area (Å²) >= 11 is 1.90. The van der Waals surface area contributed by atoms with Gasteiger partial charge in [0.1, 0.15) is 0 Å². The van der Waals surface area contributed by atoms with Crippen molar-refractivity contribution in [3.05, 3.63) is 283 Å². The molecule has 0 aliphatic carbocycles. The Kier molecular flexibility index (Phi) is 9.09. The average molecular weight is 874 g/mol. The molecule has 2 aliphatic heterocycles. The van der Waals surface area contributed by atoms with E-state index >= 15 is 0 Å². The Morgan fingerprint density at radius 3 is 1.50 bits per heavy atom. The van der Waals surface area contributed by atoms with Gasteiger partial charge >= 0.3 is 0 Å². The monoisotopic (exact) mass is 873 g/mol. The first kappa shape index (κ1) is 38.7. The summed E-state index contributed by atoms with van der Waals surface area (Å²) in [7, 11) is -2.98. The molecular weight excluding hydrogens is 831 g/mol. The van der Waals surface area contributed by atoms with Crippen LogP contribution in [0.1, 0.15) is 22.3 Å². The van der Waals surface area contributed by atoms with Gasteiger partial charge in [0.2, 0.25) is 0 Å². The number of anilines is 3. The third-order valence-electron chi connectivity index (χ3n) is 14.2. The normalized spacial score (nSPS) is 13.9. The van der Waals surface area contributed by atoms with Crippen LogP contribution in [0.15, 0.2) is 271 Å². The molecule has 66 heavy (non-hydrogen) atoms. The van der Waals surface area contributed by atoms with Crippen molar-refractivity contribution in [3.8, 4) is 11.1 Å². The van der Waals surface area contributed by atoms with E-state index < -0.39 is 13.5 Å². The fourth-order valence-corrected chi connectivity index (χ4v) is 18.0. The van der Waals surface area contributed by atoms with Crippen LogP contribution in [0, 0.1) is 0 Å². The van der Waals surface area contributed by atoms with Crippen molar-refractivity contribution in [1.82, 2.24) is 0 Å². The Hall–Kier alpha value is -7.69. The van der Waals surface area contributed by atoms with Crippen LogP contribution >= 0.6 is 11.8 Å². The molecule has 0 saturated heterocycles. The number of hydrogen-bond donors (Lipinski definition) is 0. The fourth-order valence-electron chi connectivity index (χ4n) is 11.5. The zero-order valence-electron chi connectivity index (χ0n) is 36.2. The standard InChI is InChI=1S/C63H43NSSi/c1-4-18-44(19-5-1)45-34-36-48(37-35-45)64(49-38-40-54-47(42-49)33-32-46-20-10-11-25-53(46)54)50-39-41-62-58(43-50)63(55-26-12-15-29-59(55)65-60-30-16-13-27-56(60)63)57-28-14-17-31-61(57)66(62,51-21-6-2-7-22-51)52-23-8-3-9-24-52/h1-43H. The lowest BCUT2D eigenvalue weighted by molar-refractivity contribution is 0.707. The van der Waals surface area contributed by atoms with E-state index in [9.17, 15) is 0 Å². The van der Waals surface area contributed by atoms with Crippen LogP contribution in [0.25, 0.3) is 32.7 Å². The summed E-state index contributed by atoms with van der Waals surface area (Å²) in [5, 5.41) is 10.6. The van der Waals surface area contributed by atoms with Gasteiger partial charge in [0.25, 0.3) is 0 Å². The second-order valence-electron chi connectivity index (χ2n) is 17.5. The molecule has 0 atom stereocenters. The van der Waals surface area contributed by atoms with E-state index in [1.54, 1.807) is 0 Å². The molecule has 0 radical (unpaired) electrons. The minimum Gasteiger partial charge on any atom is -0.310 e. The molecule has 1 spiro atoms. The summed E-state index contributed by atoms with van der Waals surface area (Å²) in [6.45, 7) is 0. The van der Waals surface area contributed by atoms with Gasteiger partial charge in [0.15, 0.2) is 8.07 Å². The Bertz CT molecular complexity index is 3540. The van der Waals surface area contributed by atoms with Crippen molar-refractivity contribution in [2.24, 2.45) is 0 Å². The quantitative estimate of drug-likeness (QED) is 0.121. The SMILES string of the molecule is c1ccc(-c2ccc(N(c3ccc4c(c3)C3(c5ccccc5Sc5ccccc53)c3ccccc3[Si]4(c3ccccc3)c3ccccc3)c3ccc4c(ccc5ccccc54)c3)cc2)cc1. The predicted molar refractivity (Wildman–Crippen MR) is 281 cm³/mol. The first-order valence-corrected chi connectivity index (χ1v) is 25.6. The van der Waals surface area contributed by atoms with Crippen LogP contribution in [0.5, 0.6) is 0 Å². The van der Waals surface area contributed by atoms with Gasteiger partial charge in [-0.2, -0.15) is 0 Å². The maximum absolute atomic E-state index is 2.98. The van der Waals surface area contributed by atoms with E-state index in [1.165, 1.54) is 85.5 Å². The van der Waals surface area contributed by atoms with Crippen LogP contribution < -0.4 is 25.6 Å². The van der Waals surface area contributed by atoms with Gasteiger partial charge in [-0.15, -0.1) is 0 Å². The Morgan fingerprint density at radius 1 is 0.318 bits per heavy atom. The molecule has 11 aromatic rings. The largest absolute Gasteiger partial charge is 0.310 e. The number of hydrogen-bond acceptors (Lipinski definition) is 2. The Labute approximate surface area is 391 Å². The molecular formula is C63H43NSSi. The molecule has 11 aromatic carbocycles. The molecule has 310 valence electrons. The third-order valence-corrected chi connectivity index (χ3v) is 20.3. The van der Waals surface area contributed by atoms with Gasteiger partial charge in [0, 0.05) is 26.9 Å². The smallest absolute Gasteiger partial charge is 0.180 e. The molecule has 0 unspecified atom stereocenters. The van der Waals surface area contributed by atoms with Crippen molar-refractivity contribution >= 4 is 79.2 Å². The molecule has 1 nitrogen and oxygen atoms in total. The van der Waals surface area contributed by atoms with Crippen LogP contribution in [-0.4, -0.2) is 8.07 Å². The second kappa shape index (κ2) is 15.5. The van der Waals surface area contributed by atoms with E-state index in [4.69, 9.17) is 0 Å². The number of fused-ring (bicyclic) bond motifs is 11. The Balaban J connectivity index is 1.15. The molecule has 3 heteroatoms. The molecule has 0 saturated carbocycles. The van der Waals surface area contributed by atoms with E-state index in [2.05, 4.69) is 266 Å². The molecule has 0 bridgehead atoms. The highest BCUT2D eigenvalue weighted by Gasteiger charge is 2.57. The third kappa shape index (κ3) is 5.73. The van der Waals surface area contributed by atoms with Crippen molar-refractivity contribution < 1.29 is 0 Å². The molecule has 2 heterocycles. The molecule has 2 aliphatic rings. The molecule has 0 aromatic heterocycles. The van der Waals surface area contributed by atoms with Gasteiger partial charge in [-0.1, -0.05) is 224 Å². The second-order valence-corrected chi connectivity index (χ2v) is 22.4. The van der Waals surface area contributed by atoms with E-state index in [1.807, 2.05) is 11.8 Å². The van der Waals surface area contributed by atoms with Crippen LogP contribution in [0.4, 0.5) is 17.1 Å². The lowest BCUT2D eigenvalue weighted by Gasteiger charge is -2.52. The Morgan fingerprint density at radius 2 is 0.803 bits per heavy atom. The minimum absolute atomic E-state index is 0.606. The van der Waals surface area contributed by atoms with E-state index in [-0.39, 0.29) is 0 Å². The summed E-state index contributed by atoms with van der Waals surface area (Å²) in [5.41, 5.74) is 10.5. The number of nitrogens with zero attached hydrogens (tertiary/aromatic N) is 1. The summed E-state index contributed by atoms with van der Waals surface area (Å²) in [5.74, 6) is 0. The summed E-state index contributed by atoms with van der Waals surface area (Å²) < 4.78 is 0. The zero-order chi connectivity index (χ0) is 43.7. The van der Waals surface area contributed by atoms with Crippen molar-refractivity contribution in [1.29, 1.82) is 0 Å². The molecule has 13 rings (SSSR count). The van der Waals surface area contributed by atoms with Crippen LogP contribution in [-0.2, 0) is 5.41 Å². The minimum atomic E-state index is -2.98. The van der Waals surface area contributed by atoms with Crippen molar-refractivity contribution in [2.75, 3.05) is 4.90 Å². The van der Waals surface area contributed by atoms with Crippen LogP contribution in [0.3, 0.4) is 0 Å². The van der Waals surface area contributed by atoms with Gasteiger partial charge < -0.3 is 4.90 Å². The van der Waals surface area contributed by atoms with Gasteiger partial charge in [-0.25, -0.2) is 0 Å². The molecule has 0 amide bonds. The lowest BCUT2D eigenvalue weighted by atomic mass is 9.64. The highest BCUT2D eigenvalue weighted by molar-refractivity contribution is 7.99. The molecule has 0 N–H and O–H groups in total. The predicted octanol–water partition coefficient (Wildman–Crippen LogP) is 13.7. The summed E-state index contributed by atoms with van der Waals surface area (Å²) in [6, 6.07) is 98.3. The number of rotatable bonds is 6. The highest BCUT2D eigenvalue weighted by Crippen LogP contribution is 2.57. The summed E-state index contributed by atoms with van der Waals surface area (Å²) in [4.78, 5) is 5.08. The van der Waals surface area contributed by atoms with E-state index in [0.717, 1.165) is 17.1 Å². The zero-order valence-corrected chi connectivity index (χ0v) is 38.0. The van der Waals surface area contributed by atoms with Gasteiger partial charge in [0.05, 0.1) is 5.41 Å². The van der Waals surface area contributed by atoms with Gasteiger partial charge in [-0.3, -0.25) is 0 Å². The lowest BCUT2D eigenvalue weighted by Crippen LogP contribution is -2.79. The maximum Gasteiger partial charge on any atom is 0.180 e. The topological polar surface area (TPSA) is 3.24 Å². The first-order chi connectivity index (χ1) is 32.7. The maximum atomic E-state index is 2.58. The highest BCUT2D eigenvalue weighted by atomic mass is 32.2. The van der Waals surface area contributed by atoms with Gasteiger partial charge in [-0.05, 0) is 124 Å². The van der Waals surface area contributed by atoms with Crippen LogP contribution in [0.2, 0.25) is 0 Å². The molecule has 0 fully saturated rings. The van der Waals surface area contributed by atoms with Crippen molar-refractivity contribution in [2.45, 2.75) is 15.2 Å². The number of benzene rings is 11. The summed E-state index contributed by atoms with van der Waals surface area (Å²) in [6.07, 6.45) is 0. The average Bonchev–Trinajstić information content (AvgIpc) is 3.40. The van der Waals surface area contributed by atoms with E-state index in [0.29, 0.717) is 0 Å². The van der Waals surface area contributed by atoms with Crippen molar-refractivity contribution in [3.63, 3.8) is 0 Å². The first-order valence-electron chi connectivity index (χ1n) is 22.8. The fraction of sp³-hybridized carbons (Fsp3) is 0.0159.